The van der Waals surface area contributed by atoms with E-state index in [2.05, 4.69) is 17.2 Å². The summed E-state index contributed by atoms with van der Waals surface area (Å²) < 4.78 is 12.1. The molecule has 0 fully saturated rings. The summed E-state index contributed by atoms with van der Waals surface area (Å²) in [7, 11) is 0. The molecule has 1 heterocycles. The molecule has 0 radical (unpaired) electrons. The van der Waals surface area contributed by atoms with Crippen LogP contribution in [0.2, 0.25) is 0 Å². The van der Waals surface area contributed by atoms with E-state index >= 15 is 0 Å². The zero-order valence-corrected chi connectivity index (χ0v) is 13.8. The summed E-state index contributed by atoms with van der Waals surface area (Å²) in [6, 6.07) is 18.1. The van der Waals surface area contributed by atoms with Gasteiger partial charge in [-0.3, -0.25) is 4.68 Å². The van der Waals surface area contributed by atoms with Crippen LogP contribution in [-0.2, 0) is 22.6 Å². The predicted molar refractivity (Wildman–Crippen MR) is 91.7 cm³/mol. The van der Waals surface area contributed by atoms with Crippen LogP contribution < -0.4 is 0 Å². The normalized spacial score (nSPS) is 11.0. The average molecular weight is 324 g/mol. The van der Waals surface area contributed by atoms with E-state index in [1.165, 1.54) is 0 Å². The van der Waals surface area contributed by atoms with E-state index in [0.717, 1.165) is 22.2 Å². The first kappa shape index (κ1) is 16.1. The van der Waals surface area contributed by atoms with Crippen molar-refractivity contribution in [2.24, 2.45) is 0 Å². The molecule has 0 unspecified atom stereocenters. The van der Waals surface area contributed by atoms with Crippen molar-refractivity contribution in [2.45, 2.75) is 33.1 Å². The third-order valence-electron chi connectivity index (χ3n) is 3.57. The highest BCUT2D eigenvalue weighted by Crippen LogP contribution is 2.20. The maximum absolute atomic E-state index is 11.6. The zero-order valence-electron chi connectivity index (χ0n) is 13.8. The summed E-state index contributed by atoms with van der Waals surface area (Å²) in [4.78, 5) is 11.6. The molecule has 0 N–H and O–H groups in total. The van der Waals surface area contributed by atoms with Gasteiger partial charge in [-0.1, -0.05) is 48.5 Å². The van der Waals surface area contributed by atoms with Gasteiger partial charge in [0.25, 0.3) is 0 Å². The molecule has 3 rings (SSSR count). The standard InChI is InChI=1S/C19H20N2O3/c1-14(2)24-19(22)23-13-17-16-10-6-7-11-18(16)21(20-17)12-15-8-4-3-5-9-15/h3-11,14H,12-13H2,1-2H3. The van der Waals surface area contributed by atoms with Crippen LogP contribution in [0.4, 0.5) is 4.79 Å². The summed E-state index contributed by atoms with van der Waals surface area (Å²) in [6.45, 7) is 4.32. The summed E-state index contributed by atoms with van der Waals surface area (Å²) in [5.41, 5.74) is 2.90. The predicted octanol–water partition coefficient (Wildman–Crippen LogP) is 4.15. The van der Waals surface area contributed by atoms with Gasteiger partial charge in [-0.2, -0.15) is 5.10 Å². The lowest BCUT2D eigenvalue weighted by Crippen LogP contribution is -2.13. The van der Waals surface area contributed by atoms with Gasteiger partial charge in [0, 0.05) is 5.39 Å². The molecule has 0 atom stereocenters. The van der Waals surface area contributed by atoms with Crippen LogP contribution in [0.15, 0.2) is 54.6 Å². The third kappa shape index (κ3) is 3.74. The Labute approximate surface area is 140 Å². The molecule has 0 aliphatic carbocycles. The lowest BCUT2D eigenvalue weighted by molar-refractivity contribution is 0.0292. The summed E-state index contributed by atoms with van der Waals surface area (Å²) in [6.07, 6.45) is -0.878. The van der Waals surface area contributed by atoms with E-state index in [1.807, 2.05) is 47.1 Å². The number of rotatable bonds is 5. The monoisotopic (exact) mass is 324 g/mol. The third-order valence-corrected chi connectivity index (χ3v) is 3.57. The Balaban J connectivity index is 1.82. The number of ether oxygens (including phenoxy) is 2. The van der Waals surface area contributed by atoms with Gasteiger partial charge in [-0.15, -0.1) is 0 Å². The lowest BCUT2D eigenvalue weighted by atomic mass is 10.2. The van der Waals surface area contributed by atoms with E-state index in [9.17, 15) is 4.79 Å². The molecule has 0 amide bonds. The fraction of sp³-hybridized carbons (Fsp3) is 0.263. The molecule has 24 heavy (non-hydrogen) atoms. The SMILES string of the molecule is CC(C)OC(=O)OCc1nn(Cc2ccccc2)c2ccccc12. The molecule has 0 bridgehead atoms. The van der Waals surface area contributed by atoms with Gasteiger partial charge in [0.05, 0.1) is 18.2 Å². The molecule has 1 aromatic heterocycles. The van der Waals surface area contributed by atoms with E-state index in [0.29, 0.717) is 6.54 Å². The molecule has 0 saturated heterocycles. The topological polar surface area (TPSA) is 53.4 Å². The van der Waals surface area contributed by atoms with Crippen molar-refractivity contribution in [1.29, 1.82) is 0 Å². The van der Waals surface area contributed by atoms with Gasteiger partial charge >= 0.3 is 6.16 Å². The Morgan fingerprint density at radius 2 is 1.79 bits per heavy atom. The van der Waals surface area contributed by atoms with Crippen LogP contribution in [0.25, 0.3) is 10.9 Å². The minimum absolute atomic E-state index is 0.0911. The molecule has 124 valence electrons. The Morgan fingerprint density at radius 3 is 2.54 bits per heavy atom. The number of para-hydroxylation sites is 1. The average Bonchev–Trinajstić information content (AvgIpc) is 2.91. The van der Waals surface area contributed by atoms with Crippen LogP contribution in [0.5, 0.6) is 0 Å². The smallest absolute Gasteiger partial charge is 0.432 e. The molecule has 3 aromatic rings. The maximum atomic E-state index is 11.6. The molecular weight excluding hydrogens is 304 g/mol. The quantitative estimate of drug-likeness (QED) is 0.662. The van der Waals surface area contributed by atoms with Crippen LogP contribution in [-0.4, -0.2) is 22.0 Å². The van der Waals surface area contributed by atoms with E-state index in [-0.39, 0.29) is 12.7 Å². The number of hydrogen-bond donors (Lipinski definition) is 0. The van der Waals surface area contributed by atoms with Gasteiger partial charge in [0.1, 0.15) is 12.3 Å². The Kier molecular flexibility index (Phi) is 4.79. The van der Waals surface area contributed by atoms with E-state index < -0.39 is 6.16 Å². The number of carbonyl (C=O) groups is 1. The number of carbonyl (C=O) groups excluding carboxylic acids is 1. The summed E-state index contributed by atoms with van der Waals surface area (Å²) >= 11 is 0. The number of benzene rings is 2. The van der Waals surface area contributed by atoms with Crippen LogP contribution in [0.1, 0.15) is 25.1 Å². The van der Waals surface area contributed by atoms with Gasteiger partial charge in [0.2, 0.25) is 0 Å². The molecule has 2 aromatic carbocycles. The first-order valence-electron chi connectivity index (χ1n) is 7.95. The zero-order chi connectivity index (χ0) is 16.9. The van der Waals surface area contributed by atoms with Gasteiger partial charge in [-0.25, -0.2) is 4.79 Å². The first-order chi connectivity index (χ1) is 11.6. The lowest BCUT2D eigenvalue weighted by Gasteiger charge is -2.07. The molecular formula is C19H20N2O3. The minimum Gasteiger partial charge on any atom is -0.432 e. The van der Waals surface area contributed by atoms with Gasteiger partial charge in [-0.05, 0) is 25.5 Å². The van der Waals surface area contributed by atoms with E-state index in [1.54, 1.807) is 13.8 Å². The largest absolute Gasteiger partial charge is 0.508 e. The summed E-state index contributed by atoms with van der Waals surface area (Å²) in [5, 5.41) is 5.60. The van der Waals surface area contributed by atoms with Crippen LogP contribution >= 0.6 is 0 Å². The molecule has 0 saturated carbocycles. The Bertz CT molecular complexity index is 825. The maximum Gasteiger partial charge on any atom is 0.508 e. The second-order valence-corrected chi connectivity index (χ2v) is 5.81. The molecule has 0 spiro atoms. The number of fused-ring (bicyclic) bond motifs is 1. The second kappa shape index (κ2) is 7.17. The van der Waals surface area contributed by atoms with Crippen LogP contribution in [0, 0.1) is 0 Å². The van der Waals surface area contributed by atoms with Crippen molar-refractivity contribution in [3.8, 4) is 0 Å². The fourth-order valence-electron chi connectivity index (χ4n) is 2.53. The van der Waals surface area contributed by atoms with Crippen LogP contribution in [0.3, 0.4) is 0 Å². The highest BCUT2D eigenvalue weighted by Gasteiger charge is 2.13. The first-order valence-corrected chi connectivity index (χ1v) is 7.95. The van der Waals surface area contributed by atoms with Gasteiger partial charge in [0.15, 0.2) is 0 Å². The number of aromatic nitrogens is 2. The minimum atomic E-state index is -0.674. The van der Waals surface area contributed by atoms with Crippen molar-refractivity contribution in [3.63, 3.8) is 0 Å². The fourth-order valence-corrected chi connectivity index (χ4v) is 2.53. The summed E-state index contributed by atoms with van der Waals surface area (Å²) in [5.74, 6) is 0. The van der Waals surface area contributed by atoms with Crippen molar-refractivity contribution in [1.82, 2.24) is 9.78 Å². The molecule has 0 aliphatic rings. The Hall–Kier alpha value is -2.82. The number of hydrogen-bond acceptors (Lipinski definition) is 4. The molecule has 5 heteroatoms. The molecule has 5 nitrogen and oxygen atoms in total. The highest BCUT2D eigenvalue weighted by atomic mass is 16.7. The number of nitrogens with zero attached hydrogens (tertiary/aromatic N) is 2. The van der Waals surface area contributed by atoms with Gasteiger partial charge < -0.3 is 9.47 Å². The highest BCUT2D eigenvalue weighted by molar-refractivity contribution is 5.82. The van der Waals surface area contributed by atoms with Crippen molar-refractivity contribution < 1.29 is 14.3 Å². The van der Waals surface area contributed by atoms with Crippen molar-refractivity contribution >= 4 is 17.1 Å². The Morgan fingerprint density at radius 1 is 1.08 bits per heavy atom. The van der Waals surface area contributed by atoms with E-state index in [4.69, 9.17) is 9.47 Å². The van der Waals surface area contributed by atoms with Crippen molar-refractivity contribution in [2.75, 3.05) is 0 Å². The second-order valence-electron chi connectivity index (χ2n) is 5.81. The molecule has 0 aliphatic heterocycles. The van der Waals surface area contributed by atoms with Crippen molar-refractivity contribution in [3.05, 3.63) is 65.9 Å².